The third kappa shape index (κ3) is 4.97. The molecule has 0 spiro atoms. The van der Waals surface area contributed by atoms with Crippen LogP contribution >= 0.6 is 11.3 Å². The number of amides is 2. The zero-order valence-corrected chi connectivity index (χ0v) is 14.6. The first-order valence-electron chi connectivity index (χ1n) is 7.98. The first-order valence-corrected chi connectivity index (χ1v) is 8.92. The molecular formula is C16H27N3O2S. The molecule has 1 aromatic heterocycles. The summed E-state index contributed by atoms with van der Waals surface area (Å²) in [4.78, 5) is 16.4. The number of nitrogens with zero attached hydrogens (tertiary/aromatic N) is 2. The molecule has 1 aliphatic rings. The average Bonchev–Trinajstić information content (AvgIpc) is 3.05. The topological polar surface area (TPSA) is 44.8 Å². The largest absolute Gasteiger partial charge is 0.377 e. The molecule has 1 aliphatic heterocycles. The highest BCUT2D eigenvalue weighted by molar-refractivity contribution is 7.07. The Kier molecular flexibility index (Phi) is 6.67. The van der Waals surface area contributed by atoms with Crippen molar-refractivity contribution >= 4 is 17.4 Å². The van der Waals surface area contributed by atoms with Crippen LogP contribution in [0.1, 0.15) is 32.4 Å². The molecule has 6 heteroatoms. The van der Waals surface area contributed by atoms with Gasteiger partial charge in [0.1, 0.15) is 0 Å². The number of urea groups is 1. The smallest absolute Gasteiger partial charge is 0.317 e. The van der Waals surface area contributed by atoms with Gasteiger partial charge in [0.05, 0.1) is 12.7 Å². The van der Waals surface area contributed by atoms with Gasteiger partial charge >= 0.3 is 6.03 Å². The number of rotatable bonds is 6. The molecule has 1 saturated heterocycles. The summed E-state index contributed by atoms with van der Waals surface area (Å²) >= 11 is 1.74. The van der Waals surface area contributed by atoms with E-state index in [0.717, 1.165) is 26.2 Å². The summed E-state index contributed by atoms with van der Waals surface area (Å²) in [5.74, 6) is 0. The Hall–Kier alpha value is -1.11. The van der Waals surface area contributed by atoms with E-state index in [1.165, 1.54) is 5.56 Å². The maximum atomic E-state index is 12.1. The molecule has 1 N–H and O–H groups in total. The van der Waals surface area contributed by atoms with Crippen molar-refractivity contribution < 1.29 is 9.53 Å². The first kappa shape index (κ1) is 17.2. The summed E-state index contributed by atoms with van der Waals surface area (Å²) in [6.45, 7) is 10.8. The Labute approximate surface area is 137 Å². The molecule has 0 unspecified atom stereocenters. The van der Waals surface area contributed by atoms with Crippen molar-refractivity contribution in [1.82, 2.24) is 15.1 Å². The fraction of sp³-hybridized carbons (Fsp3) is 0.688. The minimum absolute atomic E-state index is 0.0233. The maximum Gasteiger partial charge on any atom is 0.317 e. The van der Waals surface area contributed by atoms with Gasteiger partial charge in [-0.25, -0.2) is 4.79 Å². The Morgan fingerprint density at radius 1 is 1.32 bits per heavy atom. The van der Waals surface area contributed by atoms with Crippen molar-refractivity contribution in [2.75, 3.05) is 39.3 Å². The van der Waals surface area contributed by atoms with Gasteiger partial charge in [-0.2, -0.15) is 11.3 Å². The molecule has 0 aliphatic carbocycles. The number of carbonyl (C=O) groups is 1. The van der Waals surface area contributed by atoms with Crippen LogP contribution in [0, 0.1) is 0 Å². The van der Waals surface area contributed by atoms with Crippen molar-refractivity contribution in [3.05, 3.63) is 22.4 Å². The van der Waals surface area contributed by atoms with Gasteiger partial charge in [0.25, 0.3) is 0 Å². The third-order valence-corrected chi connectivity index (χ3v) is 4.71. The monoisotopic (exact) mass is 325 g/mol. The van der Waals surface area contributed by atoms with E-state index in [4.69, 9.17) is 4.74 Å². The number of thiophene rings is 1. The second-order valence-corrected chi connectivity index (χ2v) is 6.69. The molecule has 1 aromatic rings. The molecule has 124 valence electrons. The van der Waals surface area contributed by atoms with Gasteiger partial charge in [-0.05, 0) is 43.2 Å². The lowest BCUT2D eigenvalue weighted by Gasteiger charge is -2.37. The summed E-state index contributed by atoms with van der Waals surface area (Å²) in [5, 5.41) is 7.25. The van der Waals surface area contributed by atoms with Crippen LogP contribution in [0.25, 0.3) is 0 Å². The van der Waals surface area contributed by atoms with E-state index in [9.17, 15) is 4.79 Å². The summed E-state index contributed by atoms with van der Waals surface area (Å²) in [6.07, 6.45) is 0.207. The number of nitrogens with one attached hydrogen (secondary N) is 1. The predicted octanol–water partition coefficient (Wildman–Crippen LogP) is 2.56. The quantitative estimate of drug-likeness (QED) is 0.818. The molecule has 0 aromatic carbocycles. The van der Waals surface area contributed by atoms with Gasteiger partial charge in [0, 0.05) is 38.8 Å². The van der Waals surface area contributed by atoms with Gasteiger partial charge in [0.15, 0.2) is 0 Å². The molecule has 2 heterocycles. The van der Waals surface area contributed by atoms with Crippen molar-refractivity contribution in [2.24, 2.45) is 0 Å². The van der Waals surface area contributed by atoms with E-state index in [1.807, 2.05) is 18.7 Å². The van der Waals surface area contributed by atoms with Crippen LogP contribution < -0.4 is 5.32 Å². The highest BCUT2D eigenvalue weighted by atomic mass is 32.1. The number of piperazine rings is 1. The number of ether oxygens (including phenoxy) is 1. The van der Waals surface area contributed by atoms with Gasteiger partial charge in [-0.3, -0.25) is 4.90 Å². The van der Waals surface area contributed by atoms with E-state index in [0.29, 0.717) is 19.2 Å². The average molecular weight is 325 g/mol. The summed E-state index contributed by atoms with van der Waals surface area (Å²) in [6, 6.07) is 2.63. The van der Waals surface area contributed by atoms with Crippen LogP contribution in [0.5, 0.6) is 0 Å². The van der Waals surface area contributed by atoms with Crippen molar-refractivity contribution in [3.8, 4) is 0 Å². The lowest BCUT2D eigenvalue weighted by molar-refractivity contribution is 0.0785. The highest BCUT2D eigenvalue weighted by Crippen LogP contribution is 2.23. The molecule has 1 fully saturated rings. The summed E-state index contributed by atoms with van der Waals surface area (Å²) < 4.78 is 5.43. The van der Waals surface area contributed by atoms with Crippen LogP contribution in [0.3, 0.4) is 0 Å². The standard InChI is InChI=1S/C16H27N3O2S/c1-13(2)21-10-5-17-16(20)19-8-6-18(7-9-19)14(3)15-4-11-22-12-15/h4,11-14H,5-10H2,1-3H3,(H,17,20)/t14-/m1/s1. The van der Waals surface area contributed by atoms with Gasteiger partial charge in [0.2, 0.25) is 0 Å². The lowest BCUT2D eigenvalue weighted by atomic mass is 10.1. The number of hydrogen-bond donors (Lipinski definition) is 1. The molecule has 0 bridgehead atoms. The van der Waals surface area contributed by atoms with Gasteiger partial charge < -0.3 is 15.0 Å². The van der Waals surface area contributed by atoms with Gasteiger partial charge in [-0.15, -0.1) is 0 Å². The molecule has 5 nitrogen and oxygen atoms in total. The summed E-state index contributed by atoms with van der Waals surface area (Å²) in [7, 11) is 0. The van der Waals surface area contributed by atoms with Crippen molar-refractivity contribution in [2.45, 2.75) is 32.9 Å². The van der Waals surface area contributed by atoms with Gasteiger partial charge in [-0.1, -0.05) is 0 Å². The van der Waals surface area contributed by atoms with E-state index in [2.05, 4.69) is 34.0 Å². The maximum absolute atomic E-state index is 12.1. The lowest BCUT2D eigenvalue weighted by Crippen LogP contribution is -2.52. The molecule has 2 amide bonds. The first-order chi connectivity index (χ1) is 10.6. The van der Waals surface area contributed by atoms with Crippen molar-refractivity contribution in [3.63, 3.8) is 0 Å². The second kappa shape index (κ2) is 8.50. The summed E-state index contributed by atoms with van der Waals surface area (Å²) in [5.41, 5.74) is 1.37. The van der Waals surface area contributed by atoms with Crippen LogP contribution in [-0.4, -0.2) is 61.3 Å². The molecule has 0 radical (unpaired) electrons. The fourth-order valence-electron chi connectivity index (χ4n) is 2.60. The third-order valence-electron chi connectivity index (χ3n) is 4.00. The minimum Gasteiger partial charge on any atom is -0.377 e. The minimum atomic E-state index is 0.0233. The van der Waals surface area contributed by atoms with E-state index in [-0.39, 0.29) is 12.1 Å². The molecular weight excluding hydrogens is 298 g/mol. The van der Waals surface area contributed by atoms with E-state index < -0.39 is 0 Å². The normalized spacial score (nSPS) is 17.7. The Balaban J connectivity index is 1.69. The number of hydrogen-bond acceptors (Lipinski definition) is 4. The second-order valence-electron chi connectivity index (χ2n) is 5.91. The number of carbonyl (C=O) groups excluding carboxylic acids is 1. The van der Waals surface area contributed by atoms with Crippen molar-refractivity contribution in [1.29, 1.82) is 0 Å². The molecule has 2 rings (SSSR count). The molecule has 1 atom stereocenters. The predicted molar refractivity (Wildman–Crippen MR) is 90.4 cm³/mol. The molecule has 22 heavy (non-hydrogen) atoms. The Bertz CT molecular complexity index is 442. The Morgan fingerprint density at radius 2 is 2.05 bits per heavy atom. The SMILES string of the molecule is CC(C)OCCNC(=O)N1CCN([C@H](C)c2ccsc2)CC1. The zero-order valence-electron chi connectivity index (χ0n) is 13.7. The van der Waals surface area contributed by atoms with Crippen LogP contribution in [-0.2, 0) is 4.74 Å². The van der Waals surface area contributed by atoms with Crippen LogP contribution in [0.4, 0.5) is 4.79 Å². The highest BCUT2D eigenvalue weighted by Gasteiger charge is 2.24. The van der Waals surface area contributed by atoms with Crippen LogP contribution in [0.15, 0.2) is 16.8 Å². The van der Waals surface area contributed by atoms with E-state index >= 15 is 0 Å². The van der Waals surface area contributed by atoms with E-state index in [1.54, 1.807) is 11.3 Å². The Morgan fingerprint density at radius 3 is 2.64 bits per heavy atom. The van der Waals surface area contributed by atoms with Crippen LogP contribution in [0.2, 0.25) is 0 Å². The fourth-order valence-corrected chi connectivity index (χ4v) is 3.35. The zero-order chi connectivity index (χ0) is 15.9. The molecule has 0 saturated carbocycles.